The number of anilines is 3. The number of aryl methyl sites for hydroxylation is 1. The maximum Gasteiger partial charge on any atom is 0.237 e. The second-order valence-corrected chi connectivity index (χ2v) is 9.30. The topological polar surface area (TPSA) is 70.2 Å². The molecule has 0 fully saturated rings. The first kappa shape index (κ1) is 24.5. The molecule has 3 aromatic rings. The van der Waals surface area contributed by atoms with E-state index in [1.807, 2.05) is 74.5 Å². The summed E-state index contributed by atoms with van der Waals surface area (Å²) in [6.07, 6.45) is 0.705. The zero-order valence-corrected chi connectivity index (χ0v) is 20.5. The number of thioether (sulfide) groups is 1. The number of carbonyl (C=O) groups is 2. The largest absolute Gasteiger partial charge is 0.332 e. The lowest BCUT2D eigenvalue weighted by Gasteiger charge is -2.16. The third kappa shape index (κ3) is 7.44. The van der Waals surface area contributed by atoms with Crippen LogP contribution < -0.4 is 16.0 Å². The van der Waals surface area contributed by atoms with Crippen molar-refractivity contribution < 1.29 is 9.59 Å². The Bertz CT molecular complexity index is 1150. The quantitative estimate of drug-likeness (QED) is 0.195. The van der Waals surface area contributed by atoms with Gasteiger partial charge >= 0.3 is 0 Å². The van der Waals surface area contributed by atoms with Gasteiger partial charge in [-0.1, -0.05) is 25.1 Å². The molecule has 0 saturated carbocycles. The molecule has 0 aliphatic rings. The fourth-order valence-corrected chi connectivity index (χ4v) is 4.41. The van der Waals surface area contributed by atoms with E-state index in [2.05, 4.69) is 16.0 Å². The first-order chi connectivity index (χ1) is 15.8. The van der Waals surface area contributed by atoms with Crippen LogP contribution >= 0.6 is 24.0 Å². The van der Waals surface area contributed by atoms with Crippen molar-refractivity contribution in [3.63, 3.8) is 0 Å². The van der Waals surface area contributed by atoms with E-state index in [1.165, 1.54) is 18.7 Å². The van der Waals surface area contributed by atoms with Crippen LogP contribution in [0, 0.1) is 6.92 Å². The van der Waals surface area contributed by atoms with E-state index in [1.54, 1.807) is 12.1 Å². The van der Waals surface area contributed by atoms with Crippen LogP contribution in [0.15, 0.2) is 77.7 Å². The van der Waals surface area contributed by atoms with Crippen LogP contribution in [0.3, 0.4) is 0 Å². The van der Waals surface area contributed by atoms with E-state index in [9.17, 15) is 9.59 Å². The number of ketones is 1. The number of amides is 1. The molecule has 0 saturated heterocycles. The van der Waals surface area contributed by atoms with E-state index in [0.29, 0.717) is 17.1 Å². The molecule has 3 N–H and O–H groups in total. The van der Waals surface area contributed by atoms with Gasteiger partial charge in [-0.2, -0.15) is 0 Å². The Kier molecular flexibility index (Phi) is 8.63. The van der Waals surface area contributed by atoms with Gasteiger partial charge in [0, 0.05) is 27.5 Å². The highest BCUT2D eigenvalue weighted by Gasteiger charge is 2.18. The predicted molar refractivity (Wildman–Crippen MR) is 142 cm³/mol. The third-order valence-electron chi connectivity index (χ3n) is 4.87. The summed E-state index contributed by atoms with van der Waals surface area (Å²) in [5.41, 5.74) is 4.18. The molecule has 33 heavy (non-hydrogen) atoms. The van der Waals surface area contributed by atoms with Crippen LogP contribution in [-0.4, -0.2) is 22.1 Å². The van der Waals surface area contributed by atoms with Crippen LogP contribution in [-0.2, 0) is 4.79 Å². The van der Waals surface area contributed by atoms with Crippen molar-refractivity contribution >= 4 is 57.8 Å². The summed E-state index contributed by atoms with van der Waals surface area (Å²) in [6.45, 7) is 5.54. The fourth-order valence-electron chi connectivity index (χ4n) is 3.16. The van der Waals surface area contributed by atoms with E-state index in [0.717, 1.165) is 27.5 Å². The zero-order chi connectivity index (χ0) is 23.8. The van der Waals surface area contributed by atoms with Gasteiger partial charge in [-0.25, -0.2) is 0 Å². The summed E-state index contributed by atoms with van der Waals surface area (Å²) in [7, 11) is 0. The van der Waals surface area contributed by atoms with Crippen LogP contribution in [0.25, 0.3) is 0 Å². The van der Waals surface area contributed by atoms with Crippen molar-refractivity contribution in [2.24, 2.45) is 0 Å². The molecule has 0 radical (unpaired) electrons. The first-order valence-electron chi connectivity index (χ1n) is 10.7. The van der Waals surface area contributed by atoms with Crippen molar-refractivity contribution in [3.05, 3.63) is 83.9 Å². The average Bonchev–Trinajstić information content (AvgIpc) is 2.78. The molecule has 7 heteroatoms. The summed E-state index contributed by atoms with van der Waals surface area (Å²) in [4.78, 5) is 25.2. The van der Waals surface area contributed by atoms with Gasteiger partial charge in [0.2, 0.25) is 5.91 Å². The molecule has 0 aliphatic heterocycles. The minimum atomic E-state index is -0.217. The third-order valence-corrected chi connectivity index (χ3v) is 6.43. The van der Waals surface area contributed by atoms with Crippen LogP contribution in [0.4, 0.5) is 17.1 Å². The Hall–Kier alpha value is -3.16. The van der Waals surface area contributed by atoms with Gasteiger partial charge in [-0.15, -0.1) is 11.8 Å². The number of rotatable bonds is 8. The van der Waals surface area contributed by atoms with Crippen molar-refractivity contribution in [3.8, 4) is 0 Å². The van der Waals surface area contributed by atoms with Gasteiger partial charge in [-0.05, 0) is 92.6 Å². The SMILES string of the molecule is CCC(Sc1cccc(NC(=S)Nc2ccc(C(C)=O)cc2)c1)C(=O)Nc1cccc(C)c1. The Morgan fingerprint density at radius 2 is 1.52 bits per heavy atom. The lowest BCUT2D eigenvalue weighted by Crippen LogP contribution is -2.24. The summed E-state index contributed by atoms with van der Waals surface area (Å²) in [5, 5.41) is 9.53. The normalized spacial score (nSPS) is 11.4. The highest BCUT2D eigenvalue weighted by molar-refractivity contribution is 8.00. The van der Waals surface area contributed by atoms with Gasteiger partial charge in [0.05, 0.1) is 5.25 Å². The van der Waals surface area contributed by atoms with Gasteiger partial charge in [-0.3, -0.25) is 9.59 Å². The smallest absolute Gasteiger partial charge is 0.237 e. The van der Waals surface area contributed by atoms with E-state index >= 15 is 0 Å². The Morgan fingerprint density at radius 1 is 0.879 bits per heavy atom. The standard InChI is InChI=1S/C26H27N3O2S2/c1-4-24(25(31)27-21-8-5-7-17(2)15-21)33-23-10-6-9-22(16-23)29-26(32)28-20-13-11-19(12-14-20)18(3)30/h5-16,24H,4H2,1-3H3,(H,27,31)(H2,28,29,32). The lowest BCUT2D eigenvalue weighted by atomic mass is 10.1. The van der Waals surface area contributed by atoms with Crippen LogP contribution in [0.2, 0.25) is 0 Å². The minimum Gasteiger partial charge on any atom is -0.332 e. The van der Waals surface area contributed by atoms with Crippen molar-refractivity contribution in [2.75, 3.05) is 16.0 Å². The summed E-state index contributed by atoms with van der Waals surface area (Å²) in [6, 6.07) is 22.7. The Labute approximate surface area is 204 Å². The van der Waals surface area contributed by atoms with Crippen LogP contribution in [0.1, 0.15) is 36.2 Å². The number of thiocarbonyl (C=S) groups is 1. The van der Waals surface area contributed by atoms with Crippen molar-refractivity contribution in [1.29, 1.82) is 0 Å². The summed E-state index contributed by atoms with van der Waals surface area (Å²) in [5.74, 6) is 0.00664. The molecule has 0 spiro atoms. The first-order valence-corrected chi connectivity index (χ1v) is 12.0. The molecule has 0 bridgehead atoms. The van der Waals surface area contributed by atoms with E-state index in [4.69, 9.17) is 12.2 Å². The number of nitrogens with one attached hydrogen (secondary N) is 3. The minimum absolute atomic E-state index is 0.0161. The lowest BCUT2D eigenvalue weighted by molar-refractivity contribution is -0.115. The molecule has 1 amide bonds. The fraction of sp³-hybridized carbons (Fsp3) is 0.192. The zero-order valence-electron chi connectivity index (χ0n) is 18.8. The molecule has 1 atom stereocenters. The van der Waals surface area contributed by atoms with Gasteiger partial charge in [0.1, 0.15) is 0 Å². The number of carbonyl (C=O) groups excluding carboxylic acids is 2. The maximum absolute atomic E-state index is 12.8. The molecule has 3 rings (SSSR count). The average molecular weight is 478 g/mol. The summed E-state index contributed by atoms with van der Waals surface area (Å²) < 4.78 is 0. The van der Waals surface area contributed by atoms with E-state index in [-0.39, 0.29) is 16.9 Å². The van der Waals surface area contributed by atoms with Gasteiger partial charge in [0.15, 0.2) is 10.9 Å². The number of benzene rings is 3. The highest BCUT2D eigenvalue weighted by atomic mass is 32.2. The molecule has 0 aliphatic carbocycles. The highest BCUT2D eigenvalue weighted by Crippen LogP contribution is 2.28. The number of hydrogen-bond donors (Lipinski definition) is 3. The summed E-state index contributed by atoms with van der Waals surface area (Å²) >= 11 is 6.94. The van der Waals surface area contributed by atoms with Crippen LogP contribution in [0.5, 0.6) is 0 Å². The molecule has 0 heterocycles. The van der Waals surface area contributed by atoms with Crippen molar-refractivity contribution in [1.82, 2.24) is 0 Å². The second kappa shape index (κ2) is 11.6. The molecular weight excluding hydrogens is 450 g/mol. The van der Waals surface area contributed by atoms with E-state index < -0.39 is 0 Å². The maximum atomic E-state index is 12.8. The van der Waals surface area contributed by atoms with Gasteiger partial charge < -0.3 is 16.0 Å². The number of hydrogen-bond acceptors (Lipinski definition) is 4. The van der Waals surface area contributed by atoms with Gasteiger partial charge in [0.25, 0.3) is 0 Å². The Balaban J connectivity index is 1.60. The molecular formula is C26H27N3O2S2. The molecule has 1 unspecified atom stereocenters. The molecule has 5 nitrogen and oxygen atoms in total. The second-order valence-electron chi connectivity index (χ2n) is 7.61. The monoisotopic (exact) mass is 477 g/mol. The predicted octanol–water partition coefficient (Wildman–Crippen LogP) is 6.52. The molecule has 3 aromatic carbocycles. The Morgan fingerprint density at radius 3 is 2.15 bits per heavy atom. The van der Waals surface area contributed by atoms with Crippen molar-refractivity contribution in [2.45, 2.75) is 37.3 Å². The molecule has 0 aromatic heterocycles. The number of Topliss-reactive ketones (excluding diaryl/α,β-unsaturated/α-hetero) is 1. The molecule has 170 valence electrons.